The Labute approximate surface area is 168 Å². The molecule has 1 aliphatic rings. The molecule has 1 aliphatic heterocycles. The Morgan fingerprint density at radius 2 is 1.83 bits per heavy atom. The predicted molar refractivity (Wildman–Crippen MR) is 108 cm³/mol. The van der Waals surface area contributed by atoms with Crippen molar-refractivity contribution >= 4 is 11.8 Å². The van der Waals surface area contributed by atoms with Crippen molar-refractivity contribution in [3.05, 3.63) is 77.0 Å². The third-order valence-electron chi connectivity index (χ3n) is 5.32. The number of aromatic amines is 1. The monoisotopic (exact) mass is 390 g/mol. The molecule has 29 heavy (non-hydrogen) atoms. The van der Waals surface area contributed by atoms with Gasteiger partial charge in [-0.15, -0.1) is 0 Å². The lowest BCUT2D eigenvalue weighted by Gasteiger charge is -2.23. The third kappa shape index (κ3) is 3.64. The number of hydrogen-bond acceptors (Lipinski definition) is 4. The minimum atomic E-state index is -0.476. The predicted octanol–water partition coefficient (Wildman–Crippen LogP) is 2.18. The number of benzene rings is 2. The van der Waals surface area contributed by atoms with E-state index in [4.69, 9.17) is 5.73 Å². The zero-order valence-electron chi connectivity index (χ0n) is 15.8. The number of rotatable bonds is 6. The quantitative estimate of drug-likeness (QED) is 0.599. The number of H-pyrrole nitrogens is 1. The first kappa shape index (κ1) is 18.9. The Morgan fingerprint density at radius 1 is 1.10 bits per heavy atom. The van der Waals surface area contributed by atoms with Crippen LogP contribution < -0.4 is 5.73 Å². The van der Waals surface area contributed by atoms with Gasteiger partial charge in [-0.25, -0.2) is 0 Å². The zero-order chi connectivity index (χ0) is 20.4. The smallest absolute Gasteiger partial charge is 0.248 e. The molecule has 7 nitrogen and oxygen atoms in total. The minimum absolute atomic E-state index is 0.00937. The van der Waals surface area contributed by atoms with Crippen LogP contribution in [0.3, 0.4) is 0 Å². The lowest BCUT2D eigenvalue weighted by atomic mass is 9.94. The Balaban J connectivity index is 1.56. The Morgan fingerprint density at radius 3 is 2.48 bits per heavy atom. The number of carbonyl (C=O) groups excluding carboxylic acids is 2. The van der Waals surface area contributed by atoms with E-state index in [1.165, 1.54) is 0 Å². The molecule has 4 rings (SSSR count). The molecule has 2 heterocycles. The molecule has 2 aromatic carbocycles. The molecule has 0 saturated carbocycles. The topological polar surface area (TPSA) is 112 Å². The van der Waals surface area contributed by atoms with Crippen molar-refractivity contribution in [1.82, 2.24) is 15.1 Å². The SMILES string of the molecule is NC(=O)c1ccc(-c2n[nH]c3c2CN(C(=O)C(CCO)c2ccccc2)C3)cc1. The normalized spacial score (nSPS) is 13.9. The summed E-state index contributed by atoms with van der Waals surface area (Å²) in [6.45, 7) is 0.852. The van der Waals surface area contributed by atoms with Crippen LogP contribution >= 0.6 is 0 Å². The van der Waals surface area contributed by atoms with E-state index in [9.17, 15) is 14.7 Å². The van der Waals surface area contributed by atoms with Crippen LogP contribution in [-0.4, -0.2) is 38.6 Å². The highest BCUT2D eigenvalue weighted by molar-refractivity contribution is 5.93. The fraction of sp³-hybridized carbons (Fsp3) is 0.227. The summed E-state index contributed by atoms with van der Waals surface area (Å²) < 4.78 is 0. The van der Waals surface area contributed by atoms with E-state index < -0.39 is 5.91 Å². The van der Waals surface area contributed by atoms with Crippen molar-refractivity contribution in [3.63, 3.8) is 0 Å². The fourth-order valence-electron chi connectivity index (χ4n) is 3.79. The first-order valence-corrected chi connectivity index (χ1v) is 9.49. The summed E-state index contributed by atoms with van der Waals surface area (Å²) in [6, 6.07) is 16.5. The summed E-state index contributed by atoms with van der Waals surface area (Å²) in [5.41, 5.74) is 10.2. The van der Waals surface area contributed by atoms with Gasteiger partial charge in [0.25, 0.3) is 0 Å². The van der Waals surface area contributed by atoms with Gasteiger partial charge in [0.05, 0.1) is 30.4 Å². The van der Waals surface area contributed by atoms with Gasteiger partial charge in [-0.05, 0) is 24.1 Å². The van der Waals surface area contributed by atoms with E-state index in [1.807, 2.05) is 30.3 Å². The van der Waals surface area contributed by atoms with Gasteiger partial charge in [-0.3, -0.25) is 14.7 Å². The summed E-state index contributed by atoms with van der Waals surface area (Å²) in [7, 11) is 0. The number of primary amides is 1. The van der Waals surface area contributed by atoms with Gasteiger partial charge < -0.3 is 15.7 Å². The number of nitrogens with one attached hydrogen (secondary N) is 1. The first-order valence-electron chi connectivity index (χ1n) is 9.49. The largest absolute Gasteiger partial charge is 0.396 e. The number of carbonyl (C=O) groups is 2. The Kier molecular flexibility index (Phi) is 5.14. The molecule has 7 heteroatoms. The molecular weight excluding hydrogens is 368 g/mol. The van der Waals surface area contributed by atoms with Crippen LogP contribution in [0.15, 0.2) is 54.6 Å². The highest BCUT2D eigenvalue weighted by atomic mass is 16.3. The molecule has 1 aromatic heterocycles. The molecule has 1 atom stereocenters. The van der Waals surface area contributed by atoms with Crippen molar-refractivity contribution in [1.29, 1.82) is 0 Å². The summed E-state index contributed by atoms with van der Waals surface area (Å²) in [5.74, 6) is -0.863. The summed E-state index contributed by atoms with van der Waals surface area (Å²) in [5, 5.41) is 16.9. The van der Waals surface area contributed by atoms with Gasteiger partial charge in [0.2, 0.25) is 11.8 Å². The molecule has 2 amide bonds. The second kappa shape index (κ2) is 7.89. The number of aliphatic hydroxyl groups is 1. The lowest BCUT2D eigenvalue weighted by molar-refractivity contribution is -0.133. The second-order valence-electron chi connectivity index (χ2n) is 7.14. The molecule has 3 aromatic rings. The lowest BCUT2D eigenvalue weighted by Crippen LogP contribution is -2.31. The number of aromatic nitrogens is 2. The van der Waals surface area contributed by atoms with E-state index in [2.05, 4.69) is 10.2 Å². The van der Waals surface area contributed by atoms with Crippen molar-refractivity contribution in [2.45, 2.75) is 25.4 Å². The maximum absolute atomic E-state index is 13.2. The second-order valence-corrected chi connectivity index (χ2v) is 7.14. The number of hydrogen-bond donors (Lipinski definition) is 3. The average Bonchev–Trinajstić information content (AvgIpc) is 3.33. The van der Waals surface area contributed by atoms with Crippen molar-refractivity contribution in [2.75, 3.05) is 6.61 Å². The van der Waals surface area contributed by atoms with Gasteiger partial charge in [0.15, 0.2) is 0 Å². The molecule has 0 bridgehead atoms. The van der Waals surface area contributed by atoms with Gasteiger partial charge in [-0.1, -0.05) is 42.5 Å². The van der Waals surface area contributed by atoms with Crippen LogP contribution in [0.5, 0.6) is 0 Å². The van der Waals surface area contributed by atoms with E-state index in [1.54, 1.807) is 29.2 Å². The number of amides is 2. The van der Waals surface area contributed by atoms with Crippen LogP contribution in [-0.2, 0) is 17.9 Å². The number of nitrogens with two attached hydrogens (primary N) is 1. The molecule has 0 fully saturated rings. The van der Waals surface area contributed by atoms with Gasteiger partial charge in [0, 0.05) is 23.3 Å². The number of fused-ring (bicyclic) bond motifs is 1. The fourth-order valence-corrected chi connectivity index (χ4v) is 3.79. The van der Waals surface area contributed by atoms with Crippen LogP contribution in [0.4, 0.5) is 0 Å². The molecule has 1 unspecified atom stereocenters. The van der Waals surface area contributed by atoms with E-state index in [0.29, 0.717) is 25.1 Å². The summed E-state index contributed by atoms with van der Waals surface area (Å²) in [4.78, 5) is 26.3. The van der Waals surface area contributed by atoms with Crippen LogP contribution in [0.25, 0.3) is 11.3 Å². The van der Waals surface area contributed by atoms with Crippen LogP contribution in [0, 0.1) is 0 Å². The summed E-state index contributed by atoms with van der Waals surface area (Å²) >= 11 is 0. The van der Waals surface area contributed by atoms with Crippen molar-refractivity contribution < 1.29 is 14.7 Å². The average molecular weight is 390 g/mol. The zero-order valence-corrected chi connectivity index (χ0v) is 15.8. The molecule has 0 aliphatic carbocycles. The van der Waals surface area contributed by atoms with Crippen molar-refractivity contribution in [3.8, 4) is 11.3 Å². The van der Waals surface area contributed by atoms with Crippen molar-refractivity contribution in [2.24, 2.45) is 5.73 Å². The van der Waals surface area contributed by atoms with E-state index >= 15 is 0 Å². The molecule has 0 saturated heterocycles. The minimum Gasteiger partial charge on any atom is -0.396 e. The van der Waals surface area contributed by atoms with Gasteiger partial charge in [0.1, 0.15) is 0 Å². The van der Waals surface area contributed by atoms with Crippen LogP contribution in [0.1, 0.15) is 39.5 Å². The number of aliphatic hydroxyl groups excluding tert-OH is 1. The maximum atomic E-state index is 13.2. The highest BCUT2D eigenvalue weighted by Crippen LogP contribution is 2.33. The highest BCUT2D eigenvalue weighted by Gasteiger charge is 2.32. The van der Waals surface area contributed by atoms with Gasteiger partial charge in [-0.2, -0.15) is 5.10 Å². The van der Waals surface area contributed by atoms with E-state index in [0.717, 1.165) is 28.1 Å². The molecule has 4 N–H and O–H groups in total. The molecule has 0 spiro atoms. The first-order chi connectivity index (χ1) is 14.1. The molecule has 148 valence electrons. The number of nitrogens with zero attached hydrogens (tertiary/aromatic N) is 2. The Bertz CT molecular complexity index is 1030. The van der Waals surface area contributed by atoms with E-state index in [-0.39, 0.29) is 18.4 Å². The maximum Gasteiger partial charge on any atom is 0.248 e. The Hall–Kier alpha value is -3.45. The van der Waals surface area contributed by atoms with Crippen LogP contribution in [0.2, 0.25) is 0 Å². The molecule has 0 radical (unpaired) electrons. The third-order valence-corrected chi connectivity index (χ3v) is 5.32. The molecular formula is C22H22N4O3. The van der Waals surface area contributed by atoms with Gasteiger partial charge >= 0.3 is 0 Å². The standard InChI is InChI=1S/C22H22N4O3/c23-21(28)16-8-6-15(7-9-16)20-18-12-26(13-19(18)24-25-20)22(29)17(10-11-27)14-4-2-1-3-5-14/h1-9,17,27H,10-13H2,(H2,23,28)(H,24,25). The summed E-state index contributed by atoms with van der Waals surface area (Å²) in [6.07, 6.45) is 0.382.